The molecule has 0 N–H and O–H groups in total. The predicted molar refractivity (Wildman–Crippen MR) is 64.3 cm³/mol. The van der Waals surface area contributed by atoms with Crippen molar-refractivity contribution < 1.29 is 4.79 Å². The Kier molecular flexibility index (Phi) is 10.9. The third-order valence-electron chi connectivity index (χ3n) is 1.63. The first-order valence-corrected chi connectivity index (χ1v) is 4.97. The second-order valence-electron chi connectivity index (χ2n) is 3.21. The molecule has 0 radical (unpaired) electrons. The van der Waals surface area contributed by atoms with Gasteiger partial charge in [0.1, 0.15) is 0 Å². The quantitative estimate of drug-likeness (QED) is 0.376. The van der Waals surface area contributed by atoms with Gasteiger partial charge in [-0.2, -0.15) is 0 Å². The Morgan fingerprint density at radius 2 is 1.86 bits per heavy atom. The summed E-state index contributed by atoms with van der Waals surface area (Å²) < 4.78 is 0. The highest BCUT2D eigenvalue weighted by molar-refractivity contribution is 5.96. The van der Waals surface area contributed by atoms with Crippen LogP contribution >= 0.6 is 0 Å². The minimum absolute atomic E-state index is 0.108. The van der Waals surface area contributed by atoms with Gasteiger partial charge in [-0.3, -0.25) is 4.79 Å². The average molecular weight is 194 g/mol. The molecule has 0 aromatic carbocycles. The van der Waals surface area contributed by atoms with Gasteiger partial charge in [0.15, 0.2) is 5.78 Å². The van der Waals surface area contributed by atoms with E-state index in [2.05, 4.69) is 20.1 Å². The lowest BCUT2D eigenvalue weighted by Gasteiger charge is -2.01. The molecule has 0 amide bonds. The predicted octanol–water partition coefficient (Wildman–Crippen LogP) is 3.93. The van der Waals surface area contributed by atoms with E-state index in [-0.39, 0.29) is 11.7 Å². The molecule has 0 aliphatic heterocycles. The lowest BCUT2D eigenvalue weighted by atomic mass is 10.0. The fourth-order valence-electron chi connectivity index (χ4n) is 0.886. The molecule has 0 rings (SSSR count). The van der Waals surface area contributed by atoms with Gasteiger partial charge in [0.25, 0.3) is 0 Å². The van der Waals surface area contributed by atoms with Crippen molar-refractivity contribution in [2.24, 2.45) is 5.92 Å². The number of rotatable bonds is 4. The van der Waals surface area contributed by atoms with Crippen LogP contribution in [0.3, 0.4) is 0 Å². The van der Waals surface area contributed by atoms with Crippen molar-refractivity contribution in [3.05, 3.63) is 37.0 Å². The van der Waals surface area contributed by atoms with Crippen LogP contribution in [0.1, 0.15) is 34.1 Å². The summed E-state index contributed by atoms with van der Waals surface area (Å²) in [7, 11) is 0. The molecule has 1 nitrogen and oxygen atoms in total. The molecule has 0 saturated carbocycles. The zero-order chi connectivity index (χ0) is 11.6. The largest absolute Gasteiger partial charge is 0.294 e. The number of Topliss-reactive ketones (excluding diaryl/α,β-unsaturated/α-hetero) is 1. The first-order chi connectivity index (χ1) is 6.59. The fourth-order valence-corrected chi connectivity index (χ4v) is 0.886. The van der Waals surface area contributed by atoms with Gasteiger partial charge in [-0.25, -0.2) is 0 Å². The molecule has 1 heteroatoms. The summed E-state index contributed by atoms with van der Waals surface area (Å²) >= 11 is 0. The normalized spacial score (nSPS) is 11.4. The Morgan fingerprint density at radius 3 is 2.21 bits per heavy atom. The lowest BCUT2D eigenvalue weighted by Crippen LogP contribution is -2.07. The van der Waals surface area contributed by atoms with Crippen LogP contribution in [-0.4, -0.2) is 5.78 Å². The number of carbonyl (C=O) groups is 1. The summed E-state index contributed by atoms with van der Waals surface area (Å²) in [4.78, 5) is 11.3. The first kappa shape index (κ1) is 15.4. The van der Waals surface area contributed by atoms with Crippen LogP contribution in [0.5, 0.6) is 0 Å². The maximum absolute atomic E-state index is 11.3. The standard InChI is InChI=1S/C11H18O.C2H4/c1-5-6-7-8-10(4)11(12)9(2)3;1-2/h6-9H,5H2,1-4H3;1-2H2/b7-6-,10-8+;. The van der Waals surface area contributed by atoms with Crippen molar-refractivity contribution in [1.82, 2.24) is 0 Å². The van der Waals surface area contributed by atoms with Crippen LogP contribution in [0.2, 0.25) is 0 Å². The van der Waals surface area contributed by atoms with E-state index in [4.69, 9.17) is 0 Å². The molecule has 0 aromatic heterocycles. The van der Waals surface area contributed by atoms with E-state index >= 15 is 0 Å². The molecule has 0 bridgehead atoms. The Morgan fingerprint density at radius 1 is 1.36 bits per heavy atom. The van der Waals surface area contributed by atoms with Gasteiger partial charge in [-0.1, -0.05) is 39.0 Å². The van der Waals surface area contributed by atoms with E-state index in [9.17, 15) is 4.79 Å². The van der Waals surface area contributed by atoms with E-state index in [0.717, 1.165) is 12.0 Å². The molecule has 0 aromatic rings. The SMILES string of the molecule is C=C.CC/C=C\C=C(/C)C(=O)C(C)C. The van der Waals surface area contributed by atoms with Gasteiger partial charge >= 0.3 is 0 Å². The molecule has 0 unspecified atom stereocenters. The van der Waals surface area contributed by atoms with Crippen LogP contribution in [0.25, 0.3) is 0 Å². The highest BCUT2D eigenvalue weighted by Crippen LogP contribution is 2.04. The lowest BCUT2D eigenvalue weighted by molar-refractivity contribution is -0.118. The number of carbonyl (C=O) groups excluding carboxylic acids is 1. The van der Waals surface area contributed by atoms with E-state index in [1.165, 1.54) is 0 Å². The average Bonchev–Trinajstić information content (AvgIpc) is 2.19. The van der Waals surface area contributed by atoms with Crippen molar-refractivity contribution in [1.29, 1.82) is 0 Å². The van der Waals surface area contributed by atoms with E-state index in [1.54, 1.807) is 0 Å². The second kappa shape index (κ2) is 9.97. The van der Waals surface area contributed by atoms with Crippen LogP contribution < -0.4 is 0 Å². The van der Waals surface area contributed by atoms with Gasteiger partial charge in [0.2, 0.25) is 0 Å². The maximum Gasteiger partial charge on any atom is 0.161 e. The topological polar surface area (TPSA) is 17.1 Å². The highest BCUT2D eigenvalue weighted by Gasteiger charge is 2.07. The summed E-state index contributed by atoms with van der Waals surface area (Å²) in [5, 5.41) is 0. The summed E-state index contributed by atoms with van der Waals surface area (Å²) in [6.45, 7) is 13.8. The molecule has 0 heterocycles. The van der Waals surface area contributed by atoms with Crippen LogP contribution in [0.15, 0.2) is 37.0 Å². The minimum Gasteiger partial charge on any atom is -0.294 e. The molecule has 0 fully saturated rings. The van der Waals surface area contributed by atoms with Crippen LogP contribution in [0.4, 0.5) is 0 Å². The van der Waals surface area contributed by atoms with Crippen molar-refractivity contribution in [2.45, 2.75) is 34.1 Å². The van der Waals surface area contributed by atoms with Crippen LogP contribution in [0, 0.1) is 5.92 Å². The van der Waals surface area contributed by atoms with Crippen molar-refractivity contribution in [3.8, 4) is 0 Å². The molecule has 80 valence electrons. The van der Waals surface area contributed by atoms with E-state index in [1.807, 2.05) is 39.0 Å². The molecular formula is C13H22O. The van der Waals surface area contributed by atoms with Gasteiger partial charge < -0.3 is 0 Å². The third kappa shape index (κ3) is 7.53. The van der Waals surface area contributed by atoms with E-state index in [0.29, 0.717) is 0 Å². The van der Waals surface area contributed by atoms with Crippen molar-refractivity contribution >= 4 is 5.78 Å². The minimum atomic E-state index is 0.108. The van der Waals surface area contributed by atoms with Gasteiger partial charge in [0, 0.05) is 5.92 Å². The molecule has 0 aliphatic carbocycles. The Hall–Kier alpha value is -1.11. The number of hydrogen-bond donors (Lipinski definition) is 0. The molecule has 0 saturated heterocycles. The number of allylic oxidation sites excluding steroid dienone is 4. The molecule has 0 aliphatic rings. The first-order valence-electron chi connectivity index (χ1n) is 4.97. The van der Waals surface area contributed by atoms with Gasteiger partial charge in [0.05, 0.1) is 0 Å². The summed E-state index contributed by atoms with van der Waals surface area (Å²) in [6, 6.07) is 0. The number of hydrogen-bond acceptors (Lipinski definition) is 1. The zero-order valence-corrected chi connectivity index (χ0v) is 9.84. The Balaban J connectivity index is 0. The zero-order valence-electron chi connectivity index (χ0n) is 9.84. The Labute approximate surface area is 88.2 Å². The molecule has 0 atom stereocenters. The molecule has 14 heavy (non-hydrogen) atoms. The second-order valence-corrected chi connectivity index (χ2v) is 3.21. The van der Waals surface area contributed by atoms with Crippen LogP contribution in [-0.2, 0) is 4.79 Å². The maximum atomic E-state index is 11.3. The molecular weight excluding hydrogens is 172 g/mol. The summed E-state index contributed by atoms with van der Waals surface area (Å²) in [5.41, 5.74) is 0.842. The van der Waals surface area contributed by atoms with Crippen molar-refractivity contribution in [3.63, 3.8) is 0 Å². The monoisotopic (exact) mass is 194 g/mol. The van der Waals surface area contributed by atoms with Crippen molar-refractivity contribution in [2.75, 3.05) is 0 Å². The summed E-state index contributed by atoms with van der Waals surface area (Å²) in [6.07, 6.45) is 6.87. The van der Waals surface area contributed by atoms with Gasteiger partial charge in [-0.05, 0) is 18.9 Å². The highest BCUT2D eigenvalue weighted by atomic mass is 16.1. The van der Waals surface area contributed by atoms with Gasteiger partial charge in [-0.15, -0.1) is 13.2 Å². The summed E-state index contributed by atoms with van der Waals surface area (Å²) in [5.74, 6) is 0.340. The fraction of sp³-hybridized carbons (Fsp3) is 0.462. The third-order valence-corrected chi connectivity index (χ3v) is 1.63. The smallest absolute Gasteiger partial charge is 0.161 e. The number of ketones is 1. The molecule has 0 spiro atoms. The van der Waals surface area contributed by atoms with E-state index < -0.39 is 0 Å². The Bertz CT molecular complexity index is 209.